The number of carboxylic acid groups (broad SMARTS) is 1. The molecule has 0 aromatic heterocycles. The first-order valence-electron chi connectivity index (χ1n) is 6.93. The molecule has 22 heavy (non-hydrogen) atoms. The molecule has 8 heteroatoms. The Morgan fingerprint density at radius 3 is 2.68 bits per heavy atom. The molecular weight excluding hydrogens is 310 g/mol. The highest BCUT2D eigenvalue weighted by molar-refractivity contribution is 7.92. The van der Waals surface area contributed by atoms with Gasteiger partial charge in [0.2, 0.25) is 6.79 Å². The van der Waals surface area contributed by atoms with Gasteiger partial charge in [-0.2, -0.15) is 0 Å². The number of rotatable bonds is 5. The molecule has 1 fully saturated rings. The average Bonchev–Trinajstić information content (AvgIpc) is 3.00. The van der Waals surface area contributed by atoms with Crippen LogP contribution in [0, 0.1) is 5.41 Å². The van der Waals surface area contributed by atoms with Crippen molar-refractivity contribution in [2.24, 2.45) is 11.1 Å². The molecule has 1 aliphatic heterocycles. The molecule has 1 heterocycles. The Hall–Kier alpha value is -1.80. The second kappa shape index (κ2) is 4.85. The van der Waals surface area contributed by atoms with Crippen molar-refractivity contribution in [3.63, 3.8) is 0 Å². The Balaban J connectivity index is 2.06. The molecule has 1 aromatic rings. The highest BCUT2D eigenvalue weighted by Crippen LogP contribution is 2.63. The molecular formula is C14H17NO6S. The van der Waals surface area contributed by atoms with Crippen LogP contribution in [0.15, 0.2) is 18.2 Å². The number of sulfone groups is 1. The zero-order chi connectivity index (χ0) is 16.1. The summed E-state index contributed by atoms with van der Waals surface area (Å²) < 4.78 is 35.1. The van der Waals surface area contributed by atoms with E-state index in [1.165, 1.54) is 6.92 Å². The van der Waals surface area contributed by atoms with Crippen molar-refractivity contribution in [1.82, 2.24) is 0 Å². The molecule has 0 saturated heterocycles. The van der Waals surface area contributed by atoms with Gasteiger partial charge in [0.05, 0.1) is 5.25 Å². The lowest BCUT2D eigenvalue weighted by Crippen LogP contribution is -2.32. The van der Waals surface area contributed by atoms with Crippen molar-refractivity contribution >= 4 is 15.8 Å². The van der Waals surface area contributed by atoms with Crippen molar-refractivity contribution < 1.29 is 27.8 Å². The molecule has 1 saturated carbocycles. The second-order valence-corrected chi connectivity index (χ2v) is 7.92. The van der Waals surface area contributed by atoms with Crippen LogP contribution in [-0.2, 0) is 14.6 Å². The predicted molar refractivity (Wildman–Crippen MR) is 77.7 cm³/mol. The van der Waals surface area contributed by atoms with Gasteiger partial charge in [-0.1, -0.05) is 13.0 Å². The van der Waals surface area contributed by atoms with Gasteiger partial charge in [-0.3, -0.25) is 4.79 Å². The highest BCUT2D eigenvalue weighted by Gasteiger charge is 2.74. The Morgan fingerprint density at radius 1 is 1.41 bits per heavy atom. The van der Waals surface area contributed by atoms with E-state index in [1.54, 1.807) is 18.2 Å². The molecule has 0 unspecified atom stereocenters. The van der Waals surface area contributed by atoms with E-state index >= 15 is 0 Å². The number of fused-ring (bicyclic) bond motifs is 1. The van der Waals surface area contributed by atoms with Crippen LogP contribution >= 0.6 is 0 Å². The third kappa shape index (κ3) is 1.90. The van der Waals surface area contributed by atoms with Crippen LogP contribution in [0.25, 0.3) is 0 Å². The van der Waals surface area contributed by atoms with Gasteiger partial charge in [-0.25, -0.2) is 8.42 Å². The molecule has 7 nitrogen and oxygen atoms in total. The van der Waals surface area contributed by atoms with Crippen LogP contribution in [0.3, 0.4) is 0 Å². The number of carboxylic acids is 1. The molecule has 3 rings (SSSR count). The topological polar surface area (TPSA) is 116 Å². The summed E-state index contributed by atoms with van der Waals surface area (Å²) in [7, 11) is -3.53. The van der Waals surface area contributed by atoms with E-state index in [1.807, 2.05) is 0 Å². The number of ether oxygens (including phenoxy) is 2. The van der Waals surface area contributed by atoms with E-state index in [-0.39, 0.29) is 19.1 Å². The minimum atomic E-state index is -3.53. The first kappa shape index (κ1) is 15.1. The van der Waals surface area contributed by atoms with E-state index in [0.29, 0.717) is 17.1 Å². The second-order valence-electron chi connectivity index (χ2n) is 5.51. The van der Waals surface area contributed by atoms with Crippen molar-refractivity contribution in [3.05, 3.63) is 23.8 Å². The van der Waals surface area contributed by atoms with Gasteiger partial charge in [-0.05, 0) is 17.7 Å². The number of hydrogen-bond acceptors (Lipinski definition) is 6. The van der Waals surface area contributed by atoms with E-state index in [9.17, 15) is 18.3 Å². The fourth-order valence-electron chi connectivity index (χ4n) is 3.28. The third-order valence-electron chi connectivity index (χ3n) is 4.54. The smallest absolute Gasteiger partial charge is 0.312 e. The maximum absolute atomic E-state index is 12.3. The zero-order valence-electron chi connectivity index (χ0n) is 12.0. The lowest BCUT2D eigenvalue weighted by molar-refractivity contribution is -0.143. The summed E-state index contributed by atoms with van der Waals surface area (Å²) >= 11 is 0. The van der Waals surface area contributed by atoms with E-state index in [0.717, 1.165) is 0 Å². The van der Waals surface area contributed by atoms with Crippen molar-refractivity contribution in [3.8, 4) is 11.5 Å². The minimum Gasteiger partial charge on any atom is -0.481 e. The first-order valence-corrected chi connectivity index (χ1v) is 8.64. The van der Waals surface area contributed by atoms with E-state index in [4.69, 9.17) is 15.2 Å². The van der Waals surface area contributed by atoms with Crippen LogP contribution in [0.2, 0.25) is 0 Å². The average molecular weight is 327 g/mol. The largest absolute Gasteiger partial charge is 0.481 e. The molecule has 0 radical (unpaired) electrons. The number of carbonyl (C=O) groups is 1. The monoisotopic (exact) mass is 327 g/mol. The van der Waals surface area contributed by atoms with Gasteiger partial charge in [0.15, 0.2) is 21.3 Å². The summed E-state index contributed by atoms with van der Waals surface area (Å²) in [5, 5.41) is 8.55. The third-order valence-corrected chi connectivity index (χ3v) is 6.81. The maximum Gasteiger partial charge on any atom is 0.312 e. The van der Waals surface area contributed by atoms with Crippen molar-refractivity contribution in [2.45, 2.75) is 18.1 Å². The number of benzene rings is 1. The van der Waals surface area contributed by atoms with E-state index < -0.39 is 32.4 Å². The molecule has 1 aromatic carbocycles. The normalized spacial score (nSPS) is 29.4. The number of nitrogens with two attached hydrogens (primary N) is 1. The van der Waals surface area contributed by atoms with Crippen LogP contribution in [0.1, 0.15) is 18.4 Å². The Kier molecular flexibility index (Phi) is 3.33. The van der Waals surface area contributed by atoms with Crippen molar-refractivity contribution in [2.75, 3.05) is 19.1 Å². The summed E-state index contributed by atoms with van der Waals surface area (Å²) in [6.07, 6.45) is 0. The minimum absolute atomic E-state index is 0.0983. The van der Waals surface area contributed by atoms with Gasteiger partial charge in [-0.15, -0.1) is 0 Å². The SMILES string of the molecule is CCS(=O)(=O)[C@@H]1[C@@H](c2ccc3c(c2)OCO3)[C@@]1(CN)C(=O)O. The summed E-state index contributed by atoms with van der Waals surface area (Å²) in [5.74, 6) is -0.913. The van der Waals surface area contributed by atoms with Crippen molar-refractivity contribution in [1.29, 1.82) is 0 Å². The lowest BCUT2D eigenvalue weighted by Gasteiger charge is -2.09. The summed E-state index contributed by atoms with van der Waals surface area (Å²) in [5.41, 5.74) is 4.78. The van der Waals surface area contributed by atoms with Crippen LogP contribution in [-0.4, -0.2) is 43.8 Å². The zero-order valence-corrected chi connectivity index (χ0v) is 12.8. The summed E-state index contributed by atoms with van der Waals surface area (Å²) in [4.78, 5) is 11.7. The molecule has 0 amide bonds. The van der Waals surface area contributed by atoms with E-state index in [2.05, 4.69) is 0 Å². The first-order chi connectivity index (χ1) is 10.4. The lowest BCUT2D eigenvalue weighted by atomic mass is 9.99. The number of hydrogen-bond donors (Lipinski definition) is 2. The fourth-order valence-corrected chi connectivity index (χ4v) is 5.36. The molecule has 0 bridgehead atoms. The quantitative estimate of drug-likeness (QED) is 0.801. The molecule has 120 valence electrons. The maximum atomic E-state index is 12.3. The van der Waals surface area contributed by atoms with Gasteiger partial charge < -0.3 is 20.3 Å². The summed E-state index contributed by atoms with van der Waals surface area (Å²) in [6.45, 7) is 1.37. The Morgan fingerprint density at radius 2 is 2.09 bits per heavy atom. The van der Waals surface area contributed by atoms with Gasteiger partial charge in [0.25, 0.3) is 0 Å². The molecule has 0 spiro atoms. The predicted octanol–water partition coefficient (Wildman–Crippen LogP) is 0.345. The molecule has 2 aliphatic rings. The van der Waals surface area contributed by atoms with Gasteiger partial charge in [0.1, 0.15) is 5.41 Å². The van der Waals surface area contributed by atoms with Crippen LogP contribution < -0.4 is 15.2 Å². The Bertz CT molecular complexity index is 731. The highest BCUT2D eigenvalue weighted by atomic mass is 32.2. The Labute approximate surface area is 127 Å². The van der Waals surface area contributed by atoms with Crippen LogP contribution in [0.5, 0.6) is 11.5 Å². The van der Waals surface area contributed by atoms with Gasteiger partial charge in [0, 0.05) is 18.2 Å². The summed E-state index contributed by atoms with van der Waals surface area (Å²) in [6, 6.07) is 4.98. The van der Waals surface area contributed by atoms with Crippen LogP contribution in [0.4, 0.5) is 0 Å². The molecule has 3 atom stereocenters. The molecule has 3 N–H and O–H groups in total. The van der Waals surface area contributed by atoms with Gasteiger partial charge >= 0.3 is 5.97 Å². The standard InChI is InChI=1S/C14H17NO6S/c1-2-22(18,19)12-11(14(12,6-15)13(16)17)8-3-4-9-10(5-8)21-7-20-9/h3-5,11-12H,2,6-7,15H2,1H3,(H,16,17)/t11-,12-,14-/m1/s1. The molecule has 1 aliphatic carbocycles. The fraction of sp³-hybridized carbons (Fsp3) is 0.500. The number of aliphatic carboxylic acids is 1.